The maximum atomic E-state index is 5.98. The molecule has 0 amide bonds. The van der Waals surface area contributed by atoms with E-state index >= 15 is 0 Å². The Kier molecular flexibility index (Phi) is 4.32. The molecule has 1 N–H and O–H groups in total. The number of hydrogen-bond acceptors (Lipinski definition) is 2. The lowest BCUT2D eigenvalue weighted by Gasteiger charge is -2.29. The number of nitrogens with one attached hydrogen (secondary N) is 1. The first-order valence-corrected chi connectivity index (χ1v) is 6.55. The average Bonchev–Trinajstić information content (AvgIpc) is 2.86. The summed E-state index contributed by atoms with van der Waals surface area (Å²) in [4.78, 5) is 2.46. The largest absolute Gasteiger partial charge is 0.312 e. The molecule has 0 radical (unpaired) electrons. The topological polar surface area (TPSA) is 15.3 Å². The second kappa shape index (κ2) is 5.53. The fourth-order valence-corrected chi connectivity index (χ4v) is 2.99. The minimum Gasteiger partial charge on any atom is -0.312 e. The molecule has 0 aromatic heterocycles. The van der Waals surface area contributed by atoms with Crippen LogP contribution in [0.3, 0.4) is 0 Å². The van der Waals surface area contributed by atoms with Gasteiger partial charge in [-0.05, 0) is 38.8 Å². The first-order chi connectivity index (χ1) is 7.31. The third kappa shape index (κ3) is 2.88. The summed E-state index contributed by atoms with van der Waals surface area (Å²) >= 11 is 11.6. The highest BCUT2D eigenvalue weighted by Crippen LogP contribution is 2.26. The lowest BCUT2D eigenvalue weighted by Crippen LogP contribution is -2.44. The zero-order chi connectivity index (χ0) is 10.7. The van der Waals surface area contributed by atoms with Crippen LogP contribution in [0.4, 0.5) is 0 Å². The minimum atomic E-state index is 0.665. The predicted molar refractivity (Wildman–Crippen MR) is 65.4 cm³/mol. The SMILES string of the molecule is ClC=C(Cl)CN1CCCC1C1CCCN1. The quantitative estimate of drug-likeness (QED) is 0.826. The van der Waals surface area contributed by atoms with Crippen molar-refractivity contribution in [3.8, 4) is 0 Å². The molecule has 0 bridgehead atoms. The van der Waals surface area contributed by atoms with Crippen molar-refractivity contribution in [1.82, 2.24) is 10.2 Å². The molecular weight excluding hydrogens is 231 g/mol. The molecule has 2 saturated heterocycles. The smallest absolute Gasteiger partial charge is 0.0434 e. The van der Waals surface area contributed by atoms with Crippen molar-refractivity contribution in [1.29, 1.82) is 0 Å². The second-order valence-electron chi connectivity index (χ2n) is 4.44. The Balaban J connectivity index is 1.92. The van der Waals surface area contributed by atoms with Crippen LogP contribution in [0.15, 0.2) is 10.6 Å². The Labute approximate surface area is 102 Å². The number of hydrogen-bond donors (Lipinski definition) is 1. The van der Waals surface area contributed by atoms with Crippen LogP contribution in [0.2, 0.25) is 0 Å². The van der Waals surface area contributed by atoms with Gasteiger partial charge in [0.2, 0.25) is 0 Å². The van der Waals surface area contributed by atoms with Gasteiger partial charge in [0, 0.05) is 29.2 Å². The predicted octanol–water partition coefficient (Wildman–Crippen LogP) is 2.52. The van der Waals surface area contributed by atoms with E-state index in [-0.39, 0.29) is 0 Å². The summed E-state index contributed by atoms with van der Waals surface area (Å²) in [6, 6.07) is 1.34. The lowest BCUT2D eigenvalue weighted by molar-refractivity contribution is 0.233. The Hall–Kier alpha value is 0.240. The minimum absolute atomic E-state index is 0.665. The van der Waals surface area contributed by atoms with Crippen LogP contribution in [-0.2, 0) is 0 Å². The van der Waals surface area contributed by atoms with E-state index in [0.717, 1.165) is 18.1 Å². The van der Waals surface area contributed by atoms with Gasteiger partial charge < -0.3 is 5.32 Å². The molecule has 0 aromatic rings. The molecule has 0 saturated carbocycles. The van der Waals surface area contributed by atoms with Crippen molar-refractivity contribution in [3.63, 3.8) is 0 Å². The van der Waals surface area contributed by atoms with Gasteiger partial charge in [-0.1, -0.05) is 23.2 Å². The zero-order valence-electron chi connectivity index (χ0n) is 8.88. The van der Waals surface area contributed by atoms with Crippen molar-refractivity contribution >= 4 is 23.2 Å². The maximum absolute atomic E-state index is 5.98. The fourth-order valence-electron chi connectivity index (χ4n) is 2.77. The van der Waals surface area contributed by atoms with E-state index in [1.54, 1.807) is 0 Å². The summed E-state index contributed by atoms with van der Waals surface area (Å²) in [7, 11) is 0. The van der Waals surface area contributed by atoms with Gasteiger partial charge in [-0.15, -0.1) is 0 Å². The van der Waals surface area contributed by atoms with Gasteiger partial charge in [-0.2, -0.15) is 0 Å². The van der Waals surface area contributed by atoms with Gasteiger partial charge >= 0.3 is 0 Å². The molecule has 2 unspecified atom stereocenters. The Morgan fingerprint density at radius 3 is 2.93 bits per heavy atom. The molecular formula is C11H18Cl2N2. The number of likely N-dealkylation sites (tertiary alicyclic amines) is 1. The van der Waals surface area contributed by atoms with Gasteiger partial charge in [0.25, 0.3) is 0 Å². The molecule has 2 heterocycles. The highest BCUT2D eigenvalue weighted by Gasteiger charge is 2.32. The van der Waals surface area contributed by atoms with Crippen molar-refractivity contribution in [2.24, 2.45) is 0 Å². The second-order valence-corrected chi connectivity index (χ2v) is 5.14. The van der Waals surface area contributed by atoms with Crippen LogP contribution in [0.25, 0.3) is 0 Å². The summed E-state index contributed by atoms with van der Waals surface area (Å²) in [5.41, 5.74) is 1.49. The molecule has 0 spiro atoms. The molecule has 86 valence electrons. The van der Waals surface area contributed by atoms with Crippen molar-refractivity contribution in [3.05, 3.63) is 10.6 Å². The molecule has 0 aromatic carbocycles. The summed E-state index contributed by atoms with van der Waals surface area (Å²) in [6.07, 6.45) is 5.21. The average molecular weight is 249 g/mol. The van der Waals surface area contributed by atoms with Gasteiger partial charge in [0.15, 0.2) is 0 Å². The van der Waals surface area contributed by atoms with E-state index < -0.39 is 0 Å². The van der Waals surface area contributed by atoms with Crippen LogP contribution in [-0.4, -0.2) is 36.6 Å². The van der Waals surface area contributed by atoms with Gasteiger partial charge in [0.1, 0.15) is 0 Å². The van der Waals surface area contributed by atoms with E-state index in [1.165, 1.54) is 37.8 Å². The van der Waals surface area contributed by atoms with Crippen LogP contribution < -0.4 is 5.32 Å². The number of rotatable bonds is 3. The third-order valence-electron chi connectivity index (χ3n) is 3.45. The summed E-state index contributed by atoms with van der Waals surface area (Å²) in [5.74, 6) is 0. The monoisotopic (exact) mass is 248 g/mol. The summed E-state index contributed by atoms with van der Waals surface area (Å²) in [6.45, 7) is 3.14. The normalized spacial score (nSPS) is 33.9. The zero-order valence-corrected chi connectivity index (χ0v) is 10.4. The van der Waals surface area contributed by atoms with E-state index in [4.69, 9.17) is 23.2 Å². The van der Waals surface area contributed by atoms with Crippen LogP contribution in [0.5, 0.6) is 0 Å². The molecule has 15 heavy (non-hydrogen) atoms. The van der Waals surface area contributed by atoms with Crippen LogP contribution in [0, 0.1) is 0 Å². The Bertz CT molecular complexity index is 237. The number of nitrogens with zero attached hydrogens (tertiary/aromatic N) is 1. The van der Waals surface area contributed by atoms with Crippen LogP contribution in [0.1, 0.15) is 25.7 Å². The molecule has 2 aliphatic rings. The fraction of sp³-hybridized carbons (Fsp3) is 0.818. The molecule has 2 aliphatic heterocycles. The van der Waals surface area contributed by atoms with Gasteiger partial charge in [-0.25, -0.2) is 0 Å². The summed E-state index contributed by atoms with van der Waals surface area (Å²) in [5, 5.41) is 4.33. The first kappa shape index (κ1) is 11.7. The molecule has 2 nitrogen and oxygen atoms in total. The van der Waals surface area contributed by atoms with E-state index in [2.05, 4.69) is 10.2 Å². The van der Waals surface area contributed by atoms with Gasteiger partial charge in [-0.3, -0.25) is 4.90 Å². The van der Waals surface area contributed by atoms with Crippen molar-refractivity contribution in [2.45, 2.75) is 37.8 Å². The molecule has 4 heteroatoms. The Morgan fingerprint density at radius 2 is 2.27 bits per heavy atom. The number of halogens is 2. The highest BCUT2D eigenvalue weighted by atomic mass is 35.5. The standard InChI is InChI=1S/C11H18Cl2N2/c12-7-9(13)8-15-6-2-4-11(15)10-3-1-5-14-10/h7,10-11,14H,1-6,8H2. The van der Waals surface area contributed by atoms with Gasteiger partial charge in [0.05, 0.1) is 0 Å². The molecule has 0 aliphatic carbocycles. The van der Waals surface area contributed by atoms with E-state index in [0.29, 0.717) is 12.1 Å². The van der Waals surface area contributed by atoms with Crippen LogP contribution >= 0.6 is 23.2 Å². The lowest BCUT2D eigenvalue weighted by atomic mass is 10.0. The maximum Gasteiger partial charge on any atom is 0.0434 e. The molecule has 2 rings (SSSR count). The highest BCUT2D eigenvalue weighted by molar-refractivity contribution is 6.36. The van der Waals surface area contributed by atoms with E-state index in [9.17, 15) is 0 Å². The third-order valence-corrected chi connectivity index (χ3v) is 4.05. The van der Waals surface area contributed by atoms with E-state index in [1.807, 2.05) is 0 Å². The summed E-state index contributed by atoms with van der Waals surface area (Å²) < 4.78 is 0. The van der Waals surface area contributed by atoms with Crippen molar-refractivity contribution in [2.75, 3.05) is 19.6 Å². The molecule has 2 atom stereocenters. The first-order valence-electron chi connectivity index (χ1n) is 5.73. The molecule has 2 fully saturated rings. The Morgan fingerprint density at radius 1 is 1.40 bits per heavy atom. The van der Waals surface area contributed by atoms with Crippen molar-refractivity contribution < 1.29 is 0 Å².